The van der Waals surface area contributed by atoms with E-state index < -0.39 is 0 Å². The molecule has 3 rings (SSSR count). The Bertz CT molecular complexity index is 464. The second-order valence-electron chi connectivity index (χ2n) is 5.98. The maximum Gasteiger partial charge on any atom is 0.238 e. The number of hydrazine groups is 1. The van der Waals surface area contributed by atoms with Crippen LogP contribution in [-0.2, 0) is 4.79 Å². The highest BCUT2D eigenvalue weighted by atomic mass is 35.5. The monoisotopic (exact) mass is 324 g/mol. The molecule has 3 atom stereocenters. The molecule has 1 aromatic carbocycles. The molecule has 2 heterocycles. The highest BCUT2D eigenvalue weighted by Gasteiger charge is 2.29. The fourth-order valence-electron chi connectivity index (χ4n) is 3.12. The maximum atomic E-state index is 12.2. The first-order valence-electron chi connectivity index (χ1n) is 7.87. The van der Waals surface area contributed by atoms with E-state index in [1.165, 1.54) is 12.0 Å². The van der Waals surface area contributed by atoms with Gasteiger partial charge in [0.1, 0.15) is 6.04 Å². The summed E-state index contributed by atoms with van der Waals surface area (Å²) in [5.74, 6) is 0.823. The summed E-state index contributed by atoms with van der Waals surface area (Å²) in [6.07, 6.45) is 3.09. The second kappa shape index (κ2) is 8.48. The molecule has 3 unspecified atom stereocenters. The third-order valence-electron chi connectivity index (χ3n) is 4.44. The van der Waals surface area contributed by atoms with Gasteiger partial charge in [0.15, 0.2) is 0 Å². The van der Waals surface area contributed by atoms with E-state index in [9.17, 15) is 4.79 Å². The van der Waals surface area contributed by atoms with Crippen molar-refractivity contribution in [1.29, 1.82) is 0 Å². The molecule has 2 aliphatic rings. The lowest BCUT2D eigenvalue weighted by atomic mass is 10.0. The molecule has 22 heavy (non-hydrogen) atoms. The van der Waals surface area contributed by atoms with Gasteiger partial charge in [-0.1, -0.05) is 30.3 Å². The van der Waals surface area contributed by atoms with E-state index in [0.717, 1.165) is 38.4 Å². The Labute approximate surface area is 138 Å². The fourth-order valence-corrected chi connectivity index (χ4v) is 3.12. The Morgan fingerprint density at radius 3 is 2.77 bits per heavy atom. The summed E-state index contributed by atoms with van der Waals surface area (Å²) in [5, 5.41) is 6.41. The van der Waals surface area contributed by atoms with Crippen molar-refractivity contribution in [2.75, 3.05) is 19.6 Å². The SMILES string of the molecule is Cl.O=C(NCCC1CCNC1)C1CC(c2ccccc2)NN1. The summed E-state index contributed by atoms with van der Waals surface area (Å²) in [5.41, 5.74) is 7.54. The molecule has 1 amide bonds. The largest absolute Gasteiger partial charge is 0.355 e. The standard InChI is InChI=1S/C16H24N4O.ClH/c21-16(18-9-7-12-6-8-17-11-12)15-10-14(19-20-15)13-4-2-1-3-5-13;/h1-5,12,14-15,17,19-20H,6-11H2,(H,18,21);1H. The molecule has 0 spiro atoms. The van der Waals surface area contributed by atoms with E-state index in [2.05, 4.69) is 33.6 Å². The van der Waals surface area contributed by atoms with Gasteiger partial charge in [-0.2, -0.15) is 0 Å². The minimum absolute atomic E-state index is 0. The summed E-state index contributed by atoms with van der Waals surface area (Å²) < 4.78 is 0. The highest BCUT2D eigenvalue weighted by molar-refractivity contribution is 5.85. The minimum Gasteiger partial charge on any atom is -0.355 e. The van der Waals surface area contributed by atoms with Gasteiger partial charge in [0.05, 0.1) is 0 Å². The molecule has 0 bridgehead atoms. The van der Waals surface area contributed by atoms with Gasteiger partial charge in [-0.05, 0) is 43.8 Å². The quantitative estimate of drug-likeness (QED) is 0.656. The summed E-state index contributed by atoms with van der Waals surface area (Å²) in [6, 6.07) is 10.3. The summed E-state index contributed by atoms with van der Waals surface area (Å²) in [4.78, 5) is 12.2. The third kappa shape index (κ3) is 4.43. The molecule has 0 aliphatic carbocycles. The van der Waals surface area contributed by atoms with Crippen molar-refractivity contribution < 1.29 is 4.79 Å². The number of carbonyl (C=O) groups excluding carboxylic acids is 1. The number of carbonyl (C=O) groups is 1. The van der Waals surface area contributed by atoms with Crippen LogP contribution in [0.3, 0.4) is 0 Å². The number of halogens is 1. The molecule has 6 heteroatoms. The lowest BCUT2D eigenvalue weighted by Gasteiger charge is -2.12. The Morgan fingerprint density at radius 1 is 1.23 bits per heavy atom. The smallest absolute Gasteiger partial charge is 0.238 e. The fraction of sp³-hybridized carbons (Fsp3) is 0.562. The number of benzene rings is 1. The van der Waals surface area contributed by atoms with Gasteiger partial charge < -0.3 is 10.6 Å². The molecule has 2 saturated heterocycles. The first kappa shape index (κ1) is 17.2. The predicted octanol–water partition coefficient (Wildman–Crippen LogP) is 1.13. The van der Waals surface area contributed by atoms with Gasteiger partial charge in [-0.3, -0.25) is 4.79 Å². The zero-order valence-corrected chi connectivity index (χ0v) is 13.5. The molecule has 4 N–H and O–H groups in total. The molecule has 2 aliphatic heterocycles. The predicted molar refractivity (Wildman–Crippen MR) is 89.7 cm³/mol. The van der Waals surface area contributed by atoms with Crippen LogP contribution in [0, 0.1) is 5.92 Å². The molecule has 1 aromatic rings. The Morgan fingerprint density at radius 2 is 2.05 bits per heavy atom. The van der Waals surface area contributed by atoms with Gasteiger partial charge in [-0.15, -0.1) is 12.4 Å². The molecule has 0 aromatic heterocycles. The normalized spacial score (nSPS) is 27.4. The summed E-state index contributed by atoms with van der Waals surface area (Å²) >= 11 is 0. The van der Waals surface area contributed by atoms with Crippen LogP contribution in [0.1, 0.15) is 30.9 Å². The van der Waals surface area contributed by atoms with Crippen molar-refractivity contribution in [3.63, 3.8) is 0 Å². The average molecular weight is 325 g/mol. The lowest BCUT2D eigenvalue weighted by Crippen LogP contribution is -2.43. The topological polar surface area (TPSA) is 65.2 Å². The molecular formula is C16H25ClN4O. The van der Waals surface area contributed by atoms with Gasteiger partial charge in [-0.25, -0.2) is 10.9 Å². The van der Waals surface area contributed by atoms with Crippen LogP contribution in [0.2, 0.25) is 0 Å². The van der Waals surface area contributed by atoms with Crippen LogP contribution in [0.15, 0.2) is 30.3 Å². The van der Waals surface area contributed by atoms with Crippen LogP contribution < -0.4 is 21.5 Å². The number of amides is 1. The van der Waals surface area contributed by atoms with E-state index in [0.29, 0.717) is 0 Å². The number of nitrogens with one attached hydrogen (secondary N) is 4. The van der Waals surface area contributed by atoms with Crippen LogP contribution in [-0.4, -0.2) is 31.6 Å². The average Bonchev–Trinajstić information content (AvgIpc) is 3.20. The van der Waals surface area contributed by atoms with Crippen molar-refractivity contribution in [2.45, 2.75) is 31.3 Å². The van der Waals surface area contributed by atoms with Crippen LogP contribution in [0.25, 0.3) is 0 Å². The van der Waals surface area contributed by atoms with Gasteiger partial charge >= 0.3 is 0 Å². The van der Waals surface area contributed by atoms with Gasteiger partial charge in [0.25, 0.3) is 0 Å². The third-order valence-corrected chi connectivity index (χ3v) is 4.44. The molecule has 0 radical (unpaired) electrons. The number of hydrogen-bond donors (Lipinski definition) is 4. The van der Waals surface area contributed by atoms with Crippen molar-refractivity contribution in [3.8, 4) is 0 Å². The minimum atomic E-state index is -0.142. The molecule has 5 nitrogen and oxygen atoms in total. The maximum absolute atomic E-state index is 12.2. The highest BCUT2D eigenvalue weighted by Crippen LogP contribution is 2.21. The second-order valence-corrected chi connectivity index (χ2v) is 5.98. The first-order chi connectivity index (χ1) is 10.3. The van der Waals surface area contributed by atoms with Crippen molar-refractivity contribution in [2.24, 2.45) is 5.92 Å². The molecule has 122 valence electrons. The zero-order valence-electron chi connectivity index (χ0n) is 12.7. The van der Waals surface area contributed by atoms with Gasteiger partial charge in [0, 0.05) is 12.6 Å². The molecular weight excluding hydrogens is 300 g/mol. The van der Waals surface area contributed by atoms with E-state index >= 15 is 0 Å². The Kier molecular flexibility index (Phi) is 6.64. The molecule has 2 fully saturated rings. The van der Waals surface area contributed by atoms with Crippen molar-refractivity contribution in [1.82, 2.24) is 21.5 Å². The molecule has 0 saturated carbocycles. The van der Waals surface area contributed by atoms with E-state index in [-0.39, 0.29) is 30.4 Å². The summed E-state index contributed by atoms with van der Waals surface area (Å²) in [6.45, 7) is 2.99. The first-order valence-corrected chi connectivity index (χ1v) is 7.87. The zero-order chi connectivity index (χ0) is 14.5. The van der Waals surface area contributed by atoms with Crippen LogP contribution in [0.5, 0.6) is 0 Å². The number of hydrogen-bond acceptors (Lipinski definition) is 4. The van der Waals surface area contributed by atoms with E-state index in [4.69, 9.17) is 0 Å². The van der Waals surface area contributed by atoms with Crippen molar-refractivity contribution in [3.05, 3.63) is 35.9 Å². The Balaban J connectivity index is 0.00000176. The van der Waals surface area contributed by atoms with E-state index in [1.54, 1.807) is 0 Å². The van der Waals surface area contributed by atoms with Crippen LogP contribution >= 0.6 is 12.4 Å². The summed E-state index contributed by atoms with van der Waals surface area (Å²) in [7, 11) is 0. The van der Waals surface area contributed by atoms with E-state index in [1.807, 2.05) is 18.2 Å². The van der Waals surface area contributed by atoms with Gasteiger partial charge in [0.2, 0.25) is 5.91 Å². The van der Waals surface area contributed by atoms with Crippen LogP contribution in [0.4, 0.5) is 0 Å². The Hall–Kier alpha value is -1.14. The number of rotatable bonds is 5. The lowest BCUT2D eigenvalue weighted by molar-refractivity contribution is -0.122. The van der Waals surface area contributed by atoms with Crippen molar-refractivity contribution >= 4 is 18.3 Å².